The van der Waals surface area contributed by atoms with Gasteiger partial charge >= 0.3 is 6.09 Å². The van der Waals surface area contributed by atoms with Crippen LogP contribution in [0.4, 0.5) is 20.7 Å². The van der Waals surface area contributed by atoms with Gasteiger partial charge in [0, 0.05) is 25.2 Å². The lowest BCUT2D eigenvalue weighted by atomic mass is 10.0. The van der Waals surface area contributed by atoms with Crippen molar-refractivity contribution in [2.24, 2.45) is 0 Å². The molecule has 2 amide bonds. The van der Waals surface area contributed by atoms with Gasteiger partial charge in [0.05, 0.1) is 25.1 Å². The van der Waals surface area contributed by atoms with E-state index in [1.807, 2.05) is 28.8 Å². The molecule has 1 saturated heterocycles. The van der Waals surface area contributed by atoms with Crippen LogP contribution in [0.1, 0.15) is 12.5 Å². The number of rotatable bonds is 6. The first-order valence-electron chi connectivity index (χ1n) is 9.78. The van der Waals surface area contributed by atoms with Gasteiger partial charge in [-0.3, -0.25) is 9.69 Å². The van der Waals surface area contributed by atoms with E-state index in [-0.39, 0.29) is 19.0 Å². The van der Waals surface area contributed by atoms with Crippen molar-refractivity contribution < 1.29 is 18.7 Å². The smallest absolute Gasteiger partial charge is 0.414 e. The molecule has 2 heterocycles. The molecule has 0 aliphatic carbocycles. The molecular formula is C22H22FN5O3. The van der Waals surface area contributed by atoms with Crippen molar-refractivity contribution in [1.82, 2.24) is 14.9 Å². The molecule has 0 bridgehead atoms. The number of hydrogen-bond donors (Lipinski definition) is 2. The number of nitrogens with zero attached hydrogens (tertiary/aromatic N) is 3. The second-order valence-corrected chi connectivity index (χ2v) is 7.39. The zero-order valence-electron chi connectivity index (χ0n) is 16.9. The molecule has 0 saturated carbocycles. The van der Waals surface area contributed by atoms with Crippen LogP contribution in [0.5, 0.6) is 0 Å². The number of nitrogens with one attached hydrogen (secondary N) is 1. The highest BCUT2D eigenvalue weighted by molar-refractivity contribution is 5.90. The third-order valence-corrected chi connectivity index (χ3v) is 5.00. The Morgan fingerprint density at radius 3 is 2.71 bits per heavy atom. The van der Waals surface area contributed by atoms with Crippen LogP contribution in [0.15, 0.2) is 55.0 Å². The number of hydrogen-bond acceptors (Lipinski definition) is 5. The predicted octanol–water partition coefficient (Wildman–Crippen LogP) is 2.78. The van der Waals surface area contributed by atoms with Crippen molar-refractivity contribution in [3.05, 3.63) is 66.4 Å². The Morgan fingerprint density at radius 2 is 2.06 bits per heavy atom. The Labute approximate surface area is 178 Å². The van der Waals surface area contributed by atoms with Gasteiger partial charge in [-0.15, -0.1) is 0 Å². The van der Waals surface area contributed by atoms with E-state index in [4.69, 9.17) is 10.5 Å². The zero-order chi connectivity index (χ0) is 22.0. The number of carbonyl (C=O) groups is 2. The molecule has 8 nitrogen and oxygen atoms in total. The number of cyclic esters (lactones) is 1. The van der Waals surface area contributed by atoms with Gasteiger partial charge in [-0.2, -0.15) is 0 Å². The van der Waals surface area contributed by atoms with E-state index in [0.29, 0.717) is 23.6 Å². The van der Waals surface area contributed by atoms with Crippen molar-refractivity contribution in [1.29, 1.82) is 0 Å². The highest BCUT2D eigenvalue weighted by atomic mass is 19.1. The molecule has 4 rings (SSSR count). The summed E-state index contributed by atoms with van der Waals surface area (Å²) in [4.78, 5) is 28.5. The van der Waals surface area contributed by atoms with Crippen LogP contribution in [-0.4, -0.2) is 40.7 Å². The van der Waals surface area contributed by atoms with Crippen molar-refractivity contribution >= 4 is 23.5 Å². The molecule has 1 aliphatic rings. The number of imidazole rings is 1. The lowest BCUT2D eigenvalue weighted by molar-refractivity contribution is -0.119. The summed E-state index contributed by atoms with van der Waals surface area (Å²) in [6.07, 6.45) is 2.37. The van der Waals surface area contributed by atoms with Crippen LogP contribution in [0, 0.1) is 5.82 Å². The van der Waals surface area contributed by atoms with Crippen LogP contribution < -0.4 is 16.0 Å². The number of aromatic nitrogens is 2. The van der Waals surface area contributed by atoms with Gasteiger partial charge in [0.1, 0.15) is 17.7 Å². The molecule has 1 fully saturated rings. The number of halogens is 1. The lowest BCUT2D eigenvalue weighted by Crippen LogP contribution is -2.33. The first-order chi connectivity index (χ1) is 14.9. The number of anilines is 2. The largest absolute Gasteiger partial charge is 0.442 e. The maximum atomic E-state index is 14.9. The summed E-state index contributed by atoms with van der Waals surface area (Å²) in [5, 5.41) is 2.61. The Morgan fingerprint density at radius 1 is 1.29 bits per heavy atom. The number of ether oxygens (including phenoxy) is 1. The zero-order valence-corrected chi connectivity index (χ0v) is 16.9. The van der Waals surface area contributed by atoms with Gasteiger partial charge in [-0.1, -0.05) is 24.3 Å². The average molecular weight is 423 g/mol. The summed E-state index contributed by atoms with van der Waals surface area (Å²) in [7, 11) is 0. The maximum Gasteiger partial charge on any atom is 0.414 e. The van der Waals surface area contributed by atoms with Gasteiger partial charge in [0.25, 0.3) is 0 Å². The second-order valence-electron chi connectivity index (χ2n) is 7.39. The van der Waals surface area contributed by atoms with Crippen LogP contribution in [0.2, 0.25) is 0 Å². The Bertz CT molecular complexity index is 1110. The van der Waals surface area contributed by atoms with E-state index < -0.39 is 18.0 Å². The average Bonchev–Trinajstić information content (AvgIpc) is 3.32. The van der Waals surface area contributed by atoms with Crippen LogP contribution in [0.3, 0.4) is 0 Å². The molecule has 3 aromatic rings. The number of nitrogen functional groups attached to an aromatic ring is 1. The van der Waals surface area contributed by atoms with Gasteiger partial charge in [-0.05, 0) is 29.3 Å². The number of nitrogens with two attached hydrogens (primary N) is 1. The summed E-state index contributed by atoms with van der Waals surface area (Å²) in [5.41, 5.74) is 8.23. The molecule has 0 radical (unpaired) electrons. The summed E-state index contributed by atoms with van der Waals surface area (Å²) in [6.45, 7) is 2.47. The van der Waals surface area contributed by atoms with Crippen LogP contribution in [-0.2, 0) is 16.1 Å². The molecule has 0 spiro atoms. The molecular weight excluding hydrogens is 401 g/mol. The second kappa shape index (κ2) is 8.47. The third-order valence-electron chi connectivity index (χ3n) is 5.00. The molecule has 9 heteroatoms. The number of benzene rings is 2. The molecule has 0 unspecified atom stereocenters. The summed E-state index contributed by atoms with van der Waals surface area (Å²) in [5.74, 6) is -0.182. The fourth-order valence-corrected chi connectivity index (χ4v) is 3.47. The maximum absolute atomic E-state index is 14.9. The molecule has 1 aliphatic heterocycles. The lowest BCUT2D eigenvalue weighted by Gasteiger charge is -2.15. The topological polar surface area (TPSA) is 102 Å². The van der Waals surface area contributed by atoms with Crippen LogP contribution in [0.25, 0.3) is 11.1 Å². The Kier molecular flexibility index (Phi) is 5.57. The minimum absolute atomic E-state index is 0.204. The predicted molar refractivity (Wildman–Crippen MR) is 114 cm³/mol. The minimum Gasteiger partial charge on any atom is -0.442 e. The fourth-order valence-electron chi connectivity index (χ4n) is 3.47. The minimum atomic E-state index is -0.563. The van der Waals surface area contributed by atoms with Gasteiger partial charge < -0.3 is 20.4 Å². The quantitative estimate of drug-likeness (QED) is 0.635. The van der Waals surface area contributed by atoms with E-state index in [1.54, 1.807) is 24.7 Å². The number of carbonyl (C=O) groups excluding carboxylic acids is 2. The van der Waals surface area contributed by atoms with Crippen LogP contribution >= 0.6 is 0 Å². The van der Waals surface area contributed by atoms with Gasteiger partial charge in [0.2, 0.25) is 5.91 Å². The van der Waals surface area contributed by atoms with E-state index >= 15 is 0 Å². The Balaban J connectivity index is 1.46. The number of amides is 2. The summed E-state index contributed by atoms with van der Waals surface area (Å²) in [6, 6.07) is 12.2. The van der Waals surface area contributed by atoms with Gasteiger partial charge in [-0.25, -0.2) is 14.2 Å². The van der Waals surface area contributed by atoms with E-state index in [0.717, 1.165) is 11.1 Å². The van der Waals surface area contributed by atoms with E-state index in [9.17, 15) is 14.0 Å². The molecule has 31 heavy (non-hydrogen) atoms. The first kappa shape index (κ1) is 20.4. The molecule has 160 valence electrons. The molecule has 3 N–H and O–H groups in total. The standard InChI is InChI=1S/C22H22FN5O3/c1-14(29)25-9-18-11-28(22(30)31-18)17-6-7-19(20(23)8-17)16-4-2-15(3-5-16)10-27-12-21(24)26-13-27/h2-8,12-13,18H,9-11,24H2,1H3,(H,25,29)/t18-/m0/s1. The SMILES string of the molecule is CC(=O)NC[C@H]1CN(c2ccc(-c3ccc(Cn4cnc(N)c4)cc3)c(F)c2)C(=O)O1. The van der Waals surface area contributed by atoms with Gasteiger partial charge in [0.15, 0.2) is 0 Å². The monoisotopic (exact) mass is 423 g/mol. The van der Waals surface area contributed by atoms with Crippen molar-refractivity contribution in [2.75, 3.05) is 23.7 Å². The fraction of sp³-hybridized carbons (Fsp3) is 0.227. The first-order valence-corrected chi connectivity index (χ1v) is 9.78. The highest BCUT2D eigenvalue weighted by Crippen LogP contribution is 2.29. The van der Waals surface area contributed by atoms with Crippen molar-refractivity contribution in [2.45, 2.75) is 19.6 Å². The van der Waals surface area contributed by atoms with Crippen molar-refractivity contribution in [3.63, 3.8) is 0 Å². The Hall–Kier alpha value is -3.88. The van der Waals surface area contributed by atoms with Crippen molar-refractivity contribution in [3.8, 4) is 11.1 Å². The summed E-state index contributed by atoms with van der Waals surface area (Å²) >= 11 is 0. The normalized spacial score (nSPS) is 15.7. The molecule has 2 aromatic carbocycles. The van der Waals surface area contributed by atoms with E-state index in [1.165, 1.54) is 17.9 Å². The molecule has 1 atom stereocenters. The molecule has 1 aromatic heterocycles. The third kappa shape index (κ3) is 4.66. The van der Waals surface area contributed by atoms with E-state index in [2.05, 4.69) is 10.3 Å². The summed E-state index contributed by atoms with van der Waals surface area (Å²) < 4.78 is 22.0. The highest BCUT2D eigenvalue weighted by Gasteiger charge is 2.32.